The highest BCUT2D eigenvalue weighted by atomic mass is 32.2. The van der Waals surface area contributed by atoms with Gasteiger partial charge in [-0.3, -0.25) is 4.79 Å². The van der Waals surface area contributed by atoms with Crippen molar-refractivity contribution in [3.63, 3.8) is 0 Å². The van der Waals surface area contributed by atoms with E-state index in [0.29, 0.717) is 13.1 Å². The van der Waals surface area contributed by atoms with Crippen LogP contribution in [0.15, 0.2) is 59.5 Å². The van der Waals surface area contributed by atoms with Crippen LogP contribution in [0, 0.1) is 0 Å². The van der Waals surface area contributed by atoms with E-state index in [1.54, 1.807) is 23.1 Å². The van der Waals surface area contributed by atoms with Gasteiger partial charge in [-0.2, -0.15) is 0 Å². The first-order chi connectivity index (χ1) is 10.6. The zero-order valence-corrected chi connectivity index (χ0v) is 12.9. The van der Waals surface area contributed by atoms with Crippen LogP contribution in [0.4, 0.5) is 0 Å². The third-order valence-electron chi connectivity index (χ3n) is 3.90. The summed E-state index contributed by atoms with van der Waals surface area (Å²) in [5.41, 5.74) is 2.33. The fraction of sp³-hybridized carbons (Fsp3) is 0.235. The van der Waals surface area contributed by atoms with Gasteiger partial charge in [0.2, 0.25) is 5.91 Å². The molecule has 1 aliphatic rings. The number of hydrogen-bond donors (Lipinski definition) is 0. The summed E-state index contributed by atoms with van der Waals surface area (Å²) in [5.74, 6) is -0.808. The van der Waals surface area contributed by atoms with Crippen molar-refractivity contribution in [1.82, 2.24) is 4.90 Å². The van der Waals surface area contributed by atoms with Crippen molar-refractivity contribution in [3.8, 4) is 0 Å². The highest BCUT2D eigenvalue weighted by molar-refractivity contribution is 7.92. The zero-order chi connectivity index (χ0) is 15.6. The molecule has 1 heterocycles. The molecule has 4 nitrogen and oxygen atoms in total. The Kier molecular flexibility index (Phi) is 3.98. The van der Waals surface area contributed by atoms with Crippen molar-refractivity contribution in [2.75, 3.05) is 12.3 Å². The Labute approximate surface area is 130 Å². The molecule has 0 fully saturated rings. The van der Waals surface area contributed by atoms with Crippen molar-refractivity contribution in [2.24, 2.45) is 0 Å². The van der Waals surface area contributed by atoms with Gasteiger partial charge in [-0.05, 0) is 29.7 Å². The van der Waals surface area contributed by atoms with Gasteiger partial charge in [-0.15, -0.1) is 0 Å². The lowest BCUT2D eigenvalue weighted by atomic mass is 10.00. The molecule has 0 aliphatic carbocycles. The first kappa shape index (κ1) is 14.8. The lowest BCUT2D eigenvalue weighted by Crippen LogP contribution is -2.39. The molecule has 0 saturated carbocycles. The quantitative estimate of drug-likeness (QED) is 0.871. The lowest BCUT2D eigenvalue weighted by molar-refractivity contribution is -0.129. The van der Waals surface area contributed by atoms with E-state index in [1.165, 1.54) is 17.7 Å². The summed E-state index contributed by atoms with van der Waals surface area (Å²) in [6, 6.07) is 16.1. The molecule has 5 heteroatoms. The van der Waals surface area contributed by atoms with E-state index in [4.69, 9.17) is 0 Å². The fourth-order valence-corrected chi connectivity index (χ4v) is 3.92. The smallest absolute Gasteiger partial charge is 0.238 e. The van der Waals surface area contributed by atoms with Gasteiger partial charge in [0.25, 0.3) is 0 Å². The number of hydrogen-bond acceptors (Lipinski definition) is 3. The number of rotatable bonds is 3. The van der Waals surface area contributed by atoms with Crippen LogP contribution in [0.5, 0.6) is 0 Å². The molecule has 0 radical (unpaired) electrons. The Morgan fingerprint density at radius 2 is 1.59 bits per heavy atom. The molecule has 114 valence electrons. The molecule has 0 spiro atoms. The third kappa shape index (κ3) is 3.04. The Hall–Kier alpha value is -2.14. The van der Waals surface area contributed by atoms with E-state index in [2.05, 4.69) is 6.07 Å². The second-order valence-electron chi connectivity index (χ2n) is 5.41. The predicted molar refractivity (Wildman–Crippen MR) is 84.1 cm³/mol. The molecule has 1 amide bonds. The summed E-state index contributed by atoms with van der Waals surface area (Å²) in [5, 5.41) is 0. The molecule has 0 unspecified atom stereocenters. The van der Waals surface area contributed by atoms with E-state index >= 15 is 0 Å². The van der Waals surface area contributed by atoms with Crippen LogP contribution < -0.4 is 0 Å². The molecule has 0 saturated heterocycles. The zero-order valence-electron chi connectivity index (χ0n) is 12.1. The van der Waals surface area contributed by atoms with Crippen LogP contribution >= 0.6 is 0 Å². The maximum Gasteiger partial charge on any atom is 0.238 e. The van der Waals surface area contributed by atoms with Gasteiger partial charge in [0, 0.05) is 13.1 Å². The van der Waals surface area contributed by atoms with E-state index < -0.39 is 15.6 Å². The Bertz CT molecular complexity index is 785. The van der Waals surface area contributed by atoms with Gasteiger partial charge in [-0.1, -0.05) is 42.5 Å². The minimum Gasteiger partial charge on any atom is -0.337 e. The Morgan fingerprint density at radius 1 is 0.955 bits per heavy atom. The second kappa shape index (κ2) is 5.93. The summed E-state index contributed by atoms with van der Waals surface area (Å²) in [7, 11) is -3.58. The molecule has 1 aliphatic heterocycles. The summed E-state index contributed by atoms with van der Waals surface area (Å²) >= 11 is 0. The Balaban J connectivity index is 1.74. The molecule has 0 bridgehead atoms. The first-order valence-corrected chi connectivity index (χ1v) is 8.84. The van der Waals surface area contributed by atoms with E-state index in [0.717, 1.165) is 12.0 Å². The number of carbonyl (C=O) groups is 1. The highest BCUT2D eigenvalue weighted by Gasteiger charge is 2.25. The predicted octanol–water partition coefficient (Wildman–Crippen LogP) is 2.05. The molecule has 0 aromatic heterocycles. The molecule has 0 atom stereocenters. The molecule has 22 heavy (non-hydrogen) atoms. The number of amides is 1. The average molecular weight is 315 g/mol. The minimum atomic E-state index is -3.58. The molecule has 0 N–H and O–H groups in total. The largest absolute Gasteiger partial charge is 0.337 e. The molecule has 2 aromatic carbocycles. The minimum absolute atomic E-state index is 0.195. The summed E-state index contributed by atoms with van der Waals surface area (Å²) in [6.45, 7) is 1.06. The van der Waals surface area contributed by atoms with Gasteiger partial charge in [0.1, 0.15) is 5.75 Å². The summed E-state index contributed by atoms with van der Waals surface area (Å²) in [6.07, 6.45) is 0.771. The van der Waals surface area contributed by atoms with Gasteiger partial charge in [-0.25, -0.2) is 8.42 Å². The highest BCUT2D eigenvalue weighted by Crippen LogP contribution is 2.19. The van der Waals surface area contributed by atoms with E-state index in [9.17, 15) is 13.2 Å². The number of sulfone groups is 1. The average Bonchev–Trinajstić information content (AvgIpc) is 2.55. The monoisotopic (exact) mass is 315 g/mol. The summed E-state index contributed by atoms with van der Waals surface area (Å²) < 4.78 is 24.6. The standard InChI is InChI=1S/C17H17NO3S/c19-17(13-22(20,21)16-8-2-1-3-9-16)18-11-10-14-6-4-5-7-15(14)12-18/h1-9H,10-13H2. The Morgan fingerprint density at radius 3 is 2.32 bits per heavy atom. The maximum absolute atomic E-state index is 12.3. The topological polar surface area (TPSA) is 54.5 Å². The first-order valence-electron chi connectivity index (χ1n) is 7.19. The van der Waals surface area contributed by atoms with Crippen LogP contribution in [0.1, 0.15) is 11.1 Å². The molecule has 3 rings (SSSR count). The van der Waals surface area contributed by atoms with E-state index in [1.807, 2.05) is 18.2 Å². The van der Waals surface area contributed by atoms with Crippen molar-refractivity contribution in [2.45, 2.75) is 17.9 Å². The van der Waals surface area contributed by atoms with Gasteiger partial charge in [0.15, 0.2) is 9.84 Å². The van der Waals surface area contributed by atoms with Gasteiger partial charge in [0.05, 0.1) is 4.90 Å². The van der Waals surface area contributed by atoms with Crippen LogP contribution in [-0.4, -0.2) is 31.5 Å². The lowest BCUT2D eigenvalue weighted by Gasteiger charge is -2.28. The third-order valence-corrected chi connectivity index (χ3v) is 5.52. The second-order valence-corrected chi connectivity index (χ2v) is 7.40. The van der Waals surface area contributed by atoms with Crippen LogP contribution in [0.2, 0.25) is 0 Å². The van der Waals surface area contributed by atoms with E-state index in [-0.39, 0.29) is 10.8 Å². The SMILES string of the molecule is O=C(CS(=O)(=O)c1ccccc1)N1CCc2ccccc2C1. The number of fused-ring (bicyclic) bond motifs is 1. The number of benzene rings is 2. The summed E-state index contributed by atoms with van der Waals surface area (Å²) in [4.78, 5) is 14.2. The molecular weight excluding hydrogens is 298 g/mol. The molecule has 2 aromatic rings. The number of nitrogens with zero attached hydrogens (tertiary/aromatic N) is 1. The van der Waals surface area contributed by atoms with Crippen molar-refractivity contribution < 1.29 is 13.2 Å². The van der Waals surface area contributed by atoms with Crippen molar-refractivity contribution in [1.29, 1.82) is 0 Å². The van der Waals surface area contributed by atoms with Gasteiger partial charge < -0.3 is 4.90 Å². The van der Waals surface area contributed by atoms with Crippen molar-refractivity contribution in [3.05, 3.63) is 65.7 Å². The fourth-order valence-electron chi connectivity index (χ4n) is 2.67. The van der Waals surface area contributed by atoms with Crippen molar-refractivity contribution >= 4 is 15.7 Å². The molecular formula is C17H17NO3S. The van der Waals surface area contributed by atoms with Crippen LogP contribution in [0.25, 0.3) is 0 Å². The van der Waals surface area contributed by atoms with Crippen LogP contribution in [-0.2, 0) is 27.6 Å². The normalized spacial score (nSPS) is 14.5. The number of carbonyl (C=O) groups excluding carboxylic acids is 1. The van der Waals surface area contributed by atoms with Gasteiger partial charge >= 0.3 is 0 Å². The maximum atomic E-state index is 12.3. The van der Waals surface area contributed by atoms with Crippen LogP contribution in [0.3, 0.4) is 0 Å².